The number of hydrogen-bond donors (Lipinski definition) is 0. The van der Waals surface area contributed by atoms with Gasteiger partial charge in [-0.05, 0) is 202 Å². The zero-order valence-corrected chi connectivity index (χ0v) is 48.2. The zero-order valence-electron chi connectivity index (χ0n) is 48.2. The van der Waals surface area contributed by atoms with Gasteiger partial charge in [0.15, 0.2) is 0 Å². The predicted octanol–water partition coefficient (Wildman–Crippen LogP) is 23.2. The standard InChI is InChI=1S/C80H58N4O2/c1-49(2)51-23-29-59(30-24-51)81(63-35-38-74-68(47-63)65-19-11-13-21-72(65)83(74)57-15-7-5-8-16-57)61-33-27-53-43-70-67-37-40-76-79(80(67)86-77(70)45-55(53)41-61)71-44-54-28-34-62(42-56(54)46-78(71)85-76)82(60-31-25-52(26-32-60)50(3)4)64-36-39-75-69(48-64)66-20-12-14-22-73(66)84(75)58-17-9-6-10-18-58/h5-50H,1-4H3. The fraction of sp³-hybridized carbons (Fsp3) is 0.0750. The fourth-order valence-corrected chi connectivity index (χ4v) is 13.7. The van der Waals surface area contributed by atoms with Crippen molar-refractivity contribution in [3.63, 3.8) is 0 Å². The Bertz CT molecular complexity index is 5530. The Morgan fingerprint density at radius 2 is 0.698 bits per heavy atom. The van der Waals surface area contributed by atoms with E-state index in [4.69, 9.17) is 8.83 Å². The molecule has 0 spiro atoms. The van der Waals surface area contributed by atoms with E-state index in [1.807, 2.05) is 0 Å². The van der Waals surface area contributed by atoms with Crippen LogP contribution in [0, 0.1) is 0 Å². The molecule has 6 nitrogen and oxygen atoms in total. The van der Waals surface area contributed by atoms with E-state index in [0.29, 0.717) is 11.8 Å². The van der Waals surface area contributed by atoms with Gasteiger partial charge < -0.3 is 27.8 Å². The first-order valence-electron chi connectivity index (χ1n) is 29.9. The Balaban J connectivity index is 0.773. The van der Waals surface area contributed by atoms with E-state index < -0.39 is 0 Å². The van der Waals surface area contributed by atoms with Crippen molar-refractivity contribution in [2.24, 2.45) is 0 Å². The molecule has 86 heavy (non-hydrogen) atoms. The molecule has 17 rings (SSSR count). The van der Waals surface area contributed by atoms with E-state index in [1.165, 1.54) is 54.7 Å². The summed E-state index contributed by atoms with van der Waals surface area (Å²) in [5, 5.41) is 13.4. The zero-order chi connectivity index (χ0) is 57.3. The van der Waals surface area contributed by atoms with Crippen molar-refractivity contribution in [1.29, 1.82) is 0 Å². The molecule has 0 aliphatic carbocycles. The molecule has 0 unspecified atom stereocenters. The molecular formula is C80H58N4O2. The molecule has 0 fully saturated rings. The second-order valence-corrected chi connectivity index (χ2v) is 23.7. The van der Waals surface area contributed by atoms with Crippen molar-refractivity contribution in [3.8, 4) is 11.4 Å². The Hall–Kier alpha value is -10.8. The van der Waals surface area contributed by atoms with Gasteiger partial charge in [-0.3, -0.25) is 0 Å². The average Bonchev–Trinajstić information content (AvgIpc) is 1.91. The van der Waals surface area contributed by atoms with Crippen LogP contribution in [0.3, 0.4) is 0 Å². The van der Waals surface area contributed by atoms with Crippen LogP contribution in [0.25, 0.3) is 120 Å². The maximum atomic E-state index is 7.06. The molecule has 0 saturated carbocycles. The third-order valence-electron chi connectivity index (χ3n) is 18.0. The van der Waals surface area contributed by atoms with Gasteiger partial charge in [0.1, 0.15) is 22.3 Å². The molecule has 0 bridgehead atoms. The summed E-state index contributed by atoms with van der Waals surface area (Å²) in [6, 6.07) is 97.6. The minimum absolute atomic E-state index is 0.421. The van der Waals surface area contributed by atoms with Gasteiger partial charge in [-0.1, -0.05) is 137 Å². The maximum absolute atomic E-state index is 7.06. The Morgan fingerprint density at radius 1 is 0.279 bits per heavy atom. The van der Waals surface area contributed by atoms with E-state index in [1.54, 1.807) is 0 Å². The number of anilines is 6. The van der Waals surface area contributed by atoms with E-state index in [0.717, 1.165) is 111 Å². The molecule has 0 radical (unpaired) electrons. The van der Waals surface area contributed by atoms with Crippen molar-refractivity contribution in [2.75, 3.05) is 9.80 Å². The van der Waals surface area contributed by atoms with E-state index in [2.05, 4.69) is 314 Å². The minimum Gasteiger partial charge on any atom is -0.456 e. The molecule has 0 amide bonds. The lowest BCUT2D eigenvalue weighted by Crippen LogP contribution is -2.10. The van der Waals surface area contributed by atoms with Gasteiger partial charge in [-0.15, -0.1) is 0 Å². The molecule has 0 atom stereocenters. The molecule has 17 aromatic rings. The fourth-order valence-electron chi connectivity index (χ4n) is 13.7. The van der Waals surface area contributed by atoms with Gasteiger partial charge in [0.05, 0.1) is 27.5 Å². The van der Waals surface area contributed by atoms with Crippen molar-refractivity contribution >= 4 is 143 Å². The molecule has 6 heteroatoms. The second-order valence-electron chi connectivity index (χ2n) is 23.7. The first-order chi connectivity index (χ1) is 42.3. The van der Waals surface area contributed by atoms with Crippen LogP contribution in [-0.2, 0) is 0 Å². The summed E-state index contributed by atoms with van der Waals surface area (Å²) < 4.78 is 18.6. The largest absolute Gasteiger partial charge is 0.456 e. The normalized spacial score (nSPS) is 12.2. The SMILES string of the molecule is CC(C)c1ccc(N(c2ccc3cc4c(cc3c2)oc2c4ccc3oc4cc5cc(N(c6ccc(C(C)C)cc6)c6ccc7c(c6)c6ccccc6n7-c6ccccc6)ccc5cc4c32)c2ccc3c(c2)c2ccccc2n3-c2ccccc2)cc1. The van der Waals surface area contributed by atoms with Crippen molar-refractivity contribution < 1.29 is 8.83 Å². The first-order valence-corrected chi connectivity index (χ1v) is 29.9. The highest BCUT2D eigenvalue weighted by atomic mass is 16.3. The third-order valence-corrected chi connectivity index (χ3v) is 18.0. The number of nitrogens with zero attached hydrogens (tertiary/aromatic N) is 4. The lowest BCUT2D eigenvalue weighted by Gasteiger charge is -2.26. The lowest BCUT2D eigenvalue weighted by molar-refractivity contribution is 0.663. The van der Waals surface area contributed by atoms with Crippen LogP contribution in [-0.4, -0.2) is 9.13 Å². The smallest absolute Gasteiger partial charge is 0.147 e. The number of para-hydroxylation sites is 4. The summed E-state index contributed by atoms with van der Waals surface area (Å²) in [6.45, 7) is 9.00. The van der Waals surface area contributed by atoms with Gasteiger partial charge in [-0.25, -0.2) is 0 Å². The first kappa shape index (κ1) is 49.8. The summed E-state index contributed by atoms with van der Waals surface area (Å²) in [7, 11) is 0. The number of aromatic nitrogens is 2. The molecule has 0 saturated heterocycles. The van der Waals surface area contributed by atoms with Gasteiger partial charge in [0.2, 0.25) is 0 Å². The molecule has 0 aliphatic rings. The average molecular weight is 1110 g/mol. The highest BCUT2D eigenvalue weighted by Gasteiger charge is 2.23. The van der Waals surface area contributed by atoms with Gasteiger partial charge in [0, 0.05) is 83.2 Å². The summed E-state index contributed by atoms with van der Waals surface area (Å²) in [6.07, 6.45) is 0. The van der Waals surface area contributed by atoms with Crippen molar-refractivity contribution in [1.82, 2.24) is 9.13 Å². The van der Waals surface area contributed by atoms with Crippen molar-refractivity contribution in [3.05, 3.63) is 278 Å². The van der Waals surface area contributed by atoms with Crippen LogP contribution in [0.2, 0.25) is 0 Å². The van der Waals surface area contributed by atoms with E-state index in [9.17, 15) is 0 Å². The van der Waals surface area contributed by atoms with Gasteiger partial charge >= 0.3 is 0 Å². The van der Waals surface area contributed by atoms with Gasteiger partial charge in [0.25, 0.3) is 0 Å². The number of hydrogen-bond acceptors (Lipinski definition) is 4. The van der Waals surface area contributed by atoms with Gasteiger partial charge in [-0.2, -0.15) is 0 Å². The van der Waals surface area contributed by atoms with Crippen molar-refractivity contribution in [2.45, 2.75) is 39.5 Å². The van der Waals surface area contributed by atoms with Crippen LogP contribution in [0.5, 0.6) is 0 Å². The van der Waals surface area contributed by atoms with Crippen LogP contribution < -0.4 is 9.80 Å². The summed E-state index contributed by atoms with van der Waals surface area (Å²) in [5.74, 6) is 0.841. The number of benzene rings is 13. The Labute approximate surface area is 497 Å². The number of furan rings is 2. The van der Waals surface area contributed by atoms with E-state index in [-0.39, 0.29) is 0 Å². The molecule has 13 aromatic carbocycles. The quantitative estimate of drug-likeness (QED) is 0.137. The highest BCUT2D eigenvalue weighted by Crippen LogP contribution is 2.46. The molecule has 4 heterocycles. The summed E-state index contributed by atoms with van der Waals surface area (Å²) >= 11 is 0. The summed E-state index contributed by atoms with van der Waals surface area (Å²) in [5.41, 5.74) is 19.4. The van der Waals surface area contributed by atoms with Crippen LogP contribution in [0.1, 0.15) is 50.7 Å². The molecule has 410 valence electrons. The maximum Gasteiger partial charge on any atom is 0.147 e. The lowest BCUT2D eigenvalue weighted by atomic mass is 10.0. The third kappa shape index (κ3) is 7.86. The van der Waals surface area contributed by atoms with E-state index >= 15 is 0 Å². The van der Waals surface area contributed by atoms with Crippen LogP contribution >= 0.6 is 0 Å². The summed E-state index contributed by atoms with van der Waals surface area (Å²) in [4.78, 5) is 4.78. The number of rotatable bonds is 10. The van der Waals surface area contributed by atoms with Crippen LogP contribution in [0.15, 0.2) is 276 Å². The highest BCUT2D eigenvalue weighted by molar-refractivity contribution is 6.24. The second kappa shape index (κ2) is 19.4. The van der Waals surface area contributed by atoms with Crippen LogP contribution in [0.4, 0.5) is 34.1 Å². The Kier molecular flexibility index (Phi) is 11.2. The minimum atomic E-state index is 0.421. The topological polar surface area (TPSA) is 42.6 Å². The Morgan fingerprint density at radius 3 is 1.20 bits per heavy atom. The molecule has 4 aromatic heterocycles. The molecule has 0 N–H and O–H groups in total. The molecular weight excluding hydrogens is 1050 g/mol. The predicted molar refractivity (Wildman–Crippen MR) is 362 cm³/mol. The monoisotopic (exact) mass is 1110 g/mol. The number of fused-ring (bicyclic) bond motifs is 15. The molecule has 0 aliphatic heterocycles.